The van der Waals surface area contributed by atoms with Gasteiger partial charge >= 0.3 is 5.51 Å². The number of benzene rings is 1. The van der Waals surface area contributed by atoms with Crippen LogP contribution in [0.15, 0.2) is 47.6 Å². The van der Waals surface area contributed by atoms with Crippen LogP contribution in [0.1, 0.15) is 19.4 Å². The minimum absolute atomic E-state index is 0.0212. The molecule has 4 nitrogen and oxygen atoms in total. The van der Waals surface area contributed by atoms with Gasteiger partial charge in [0.25, 0.3) is 0 Å². The third kappa shape index (κ3) is 4.62. The topological polar surface area (TPSA) is 54.2 Å². The molecule has 1 unspecified atom stereocenters. The van der Waals surface area contributed by atoms with Crippen LogP contribution in [0.25, 0.3) is 0 Å². The molecule has 0 radical (unpaired) electrons. The zero-order chi connectivity index (χ0) is 18.9. The van der Waals surface area contributed by atoms with Gasteiger partial charge in [-0.2, -0.15) is 13.2 Å². The van der Waals surface area contributed by atoms with Crippen LogP contribution in [0.5, 0.6) is 0 Å². The Morgan fingerprint density at radius 2 is 1.96 bits per heavy atom. The fourth-order valence-corrected chi connectivity index (χ4v) is 3.78. The maximum atomic E-state index is 12.6. The molecule has 2 heterocycles. The predicted molar refractivity (Wildman–Crippen MR) is 99.1 cm³/mol. The lowest BCUT2D eigenvalue weighted by atomic mass is 10.1. The second-order valence-electron chi connectivity index (χ2n) is 7.00. The molecule has 1 saturated heterocycles. The Balaban J connectivity index is 1.84. The Morgan fingerprint density at radius 3 is 2.58 bits per heavy atom. The van der Waals surface area contributed by atoms with Crippen molar-refractivity contribution in [2.45, 2.75) is 42.4 Å². The van der Waals surface area contributed by atoms with Crippen molar-refractivity contribution in [3.63, 3.8) is 0 Å². The molecular weight excluding hydrogens is 361 g/mol. The van der Waals surface area contributed by atoms with Crippen molar-refractivity contribution >= 4 is 23.1 Å². The fraction of sp³-hybridized carbons (Fsp3) is 0.389. The van der Waals surface area contributed by atoms with Crippen molar-refractivity contribution in [3.8, 4) is 0 Å². The summed E-state index contributed by atoms with van der Waals surface area (Å²) >= 11 is -0.184. The molecule has 2 aromatic rings. The SMILES string of the molecule is CC1(C)CN(c2ccc(SC(F)(F)F)c(N)c2)C(Cc2ccncc2)N1. The van der Waals surface area contributed by atoms with Gasteiger partial charge in [-0.1, -0.05) is 0 Å². The van der Waals surface area contributed by atoms with Crippen LogP contribution >= 0.6 is 11.8 Å². The van der Waals surface area contributed by atoms with Crippen molar-refractivity contribution in [1.82, 2.24) is 10.3 Å². The average Bonchev–Trinajstić information content (AvgIpc) is 2.84. The number of nitrogen functional groups attached to an aromatic ring is 1. The molecule has 1 aromatic carbocycles. The van der Waals surface area contributed by atoms with Crippen molar-refractivity contribution in [3.05, 3.63) is 48.3 Å². The maximum Gasteiger partial charge on any atom is 0.446 e. The average molecular weight is 382 g/mol. The Hall–Kier alpha value is -1.93. The molecule has 0 saturated carbocycles. The summed E-state index contributed by atoms with van der Waals surface area (Å²) in [5.74, 6) is 0. The fourth-order valence-electron chi connectivity index (χ4n) is 3.22. The first-order valence-electron chi connectivity index (χ1n) is 8.21. The van der Waals surface area contributed by atoms with Crippen molar-refractivity contribution in [2.75, 3.05) is 17.2 Å². The first-order valence-corrected chi connectivity index (χ1v) is 9.03. The number of rotatable bonds is 4. The molecule has 0 spiro atoms. The second kappa shape index (κ2) is 7.00. The van der Waals surface area contributed by atoms with Gasteiger partial charge in [0.05, 0.1) is 6.17 Å². The smallest absolute Gasteiger partial charge is 0.398 e. The number of nitrogens with zero attached hydrogens (tertiary/aromatic N) is 2. The van der Waals surface area contributed by atoms with Crippen molar-refractivity contribution < 1.29 is 13.2 Å². The lowest BCUT2D eigenvalue weighted by Crippen LogP contribution is -2.41. The molecule has 8 heteroatoms. The van der Waals surface area contributed by atoms with Gasteiger partial charge in [0, 0.05) is 47.2 Å². The summed E-state index contributed by atoms with van der Waals surface area (Å²) in [6, 6.07) is 8.69. The molecule has 1 aliphatic heterocycles. The van der Waals surface area contributed by atoms with E-state index in [9.17, 15) is 13.2 Å². The maximum absolute atomic E-state index is 12.6. The first-order chi connectivity index (χ1) is 12.1. The van der Waals surface area contributed by atoms with Gasteiger partial charge in [-0.25, -0.2) is 0 Å². The number of anilines is 2. The highest BCUT2D eigenvalue weighted by Crippen LogP contribution is 2.41. The third-order valence-corrected chi connectivity index (χ3v) is 5.05. The number of nitrogens with one attached hydrogen (secondary N) is 1. The van der Waals surface area contributed by atoms with Crippen LogP contribution < -0.4 is 16.0 Å². The van der Waals surface area contributed by atoms with E-state index >= 15 is 0 Å². The van der Waals surface area contributed by atoms with Gasteiger partial charge in [-0.05, 0) is 61.5 Å². The summed E-state index contributed by atoms with van der Waals surface area (Å²) in [5, 5.41) is 3.58. The lowest BCUT2D eigenvalue weighted by molar-refractivity contribution is -0.0327. The normalized spacial score (nSPS) is 19.7. The zero-order valence-electron chi connectivity index (χ0n) is 14.5. The number of alkyl halides is 3. The lowest BCUT2D eigenvalue weighted by Gasteiger charge is -2.27. The van der Waals surface area contributed by atoms with Crippen LogP contribution in [-0.4, -0.2) is 28.7 Å². The highest BCUT2D eigenvalue weighted by molar-refractivity contribution is 8.00. The molecule has 0 bridgehead atoms. The second-order valence-corrected chi connectivity index (χ2v) is 8.11. The summed E-state index contributed by atoms with van der Waals surface area (Å²) < 4.78 is 37.8. The van der Waals surface area contributed by atoms with Crippen LogP contribution in [-0.2, 0) is 6.42 Å². The molecule has 1 aliphatic rings. The Kier molecular flexibility index (Phi) is 5.07. The van der Waals surface area contributed by atoms with Gasteiger partial charge in [0.2, 0.25) is 0 Å². The molecule has 1 atom stereocenters. The number of thioether (sulfide) groups is 1. The van der Waals surface area contributed by atoms with Crippen molar-refractivity contribution in [2.24, 2.45) is 0 Å². The predicted octanol–water partition coefficient (Wildman–Crippen LogP) is 4.03. The van der Waals surface area contributed by atoms with E-state index in [1.807, 2.05) is 12.1 Å². The van der Waals surface area contributed by atoms with Gasteiger partial charge in [-0.3, -0.25) is 10.3 Å². The number of nitrogens with two attached hydrogens (primary N) is 1. The van der Waals surface area contributed by atoms with E-state index in [0.29, 0.717) is 0 Å². The number of pyridine rings is 1. The third-order valence-electron chi connectivity index (χ3n) is 4.23. The van der Waals surface area contributed by atoms with E-state index in [1.165, 1.54) is 6.07 Å². The van der Waals surface area contributed by atoms with Crippen LogP contribution in [0.2, 0.25) is 0 Å². The van der Waals surface area contributed by atoms with Gasteiger partial charge < -0.3 is 10.6 Å². The molecule has 3 rings (SSSR count). The Morgan fingerprint density at radius 1 is 1.27 bits per heavy atom. The largest absolute Gasteiger partial charge is 0.446 e. The summed E-state index contributed by atoms with van der Waals surface area (Å²) in [6.45, 7) is 4.93. The number of halogens is 3. The van der Waals surface area contributed by atoms with Gasteiger partial charge in [0.15, 0.2) is 0 Å². The van der Waals surface area contributed by atoms with E-state index in [0.717, 1.165) is 24.2 Å². The van der Waals surface area contributed by atoms with E-state index in [4.69, 9.17) is 5.73 Å². The Labute approximate surface area is 155 Å². The Bertz CT molecular complexity index is 765. The summed E-state index contributed by atoms with van der Waals surface area (Å²) in [5.41, 5.74) is 3.50. The standard InChI is InChI=1S/C18H21F3N4S/c1-17(2)11-25(16(24-17)9-12-5-7-23-8-6-12)13-3-4-15(14(22)10-13)26-18(19,20)21/h3-8,10,16,24H,9,11,22H2,1-2H3. The summed E-state index contributed by atoms with van der Waals surface area (Å²) in [7, 11) is 0. The van der Waals surface area contributed by atoms with Crippen LogP contribution in [0.3, 0.4) is 0 Å². The quantitative estimate of drug-likeness (QED) is 0.618. The molecule has 1 aromatic heterocycles. The van der Waals surface area contributed by atoms with E-state index in [2.05, 4.69) is 29.0 Å². The number of hydrogen-bond donors (Lipinski definition) is 2. The zero-order valence-corrected chi connectivity index (χ0v) is 15.4. The highest BCUT2D eigenvalue weighted by Gasteiger charge is 2.37. The number of aromatic nitrogens is 1. The molecule has 26 heavy (non-hydrogen) atoms. The molecular formula is C18H21F3N4S. The molecule has 0 aliphatic carbocycles. The summed E-state index contributed by atoms with van der Waals surface area (Å²) in [6.07, 6.45) is 4.28. The molecule has 140 valence electrons. The minimum atomic E-state index is -4.35. The highest BCUT2D eigenvalue weighted by atomic mass is 32.2. The first kappa shape index (κ1) is 18.8. The van der Waals surface area contributed by atoms with Crippen LogP contribution in [0.4, 0.5) is 24.5 Å². The number of hydrogen-bond acceptors (Lipinski definition) is 5. The van der Waals surface area contributed by atoms with E-state index < -0.39 is 5.51 Å². The molecule has 0 amide bonds. The van der Waals surface area contributed by atoms with Gasteiger partial charge in [-0.15, -0.1) is 0 Å². The van der Waals surface area contributed by atoms with E-state index in [-0.39, 0.29) is 34.0 Å². The van der Waals surface area contributed by atoms with Crippen LogP contribution in [0, 0.1) is 0 Å². The van der Waals surface area contributed by atoms with E-state index in [1.54, 1.807) is 24.5 Å². The van der Waals surface area contributed by atoms with Gasteiger partial charge in [0.1, 0.15) is 0 Å². The molecule has 3 N–H and O–H groups in total. The minimum Gasteiger partial charge on any atom is -0.398 e. The summed E-state index contributed by atoms with van der Waals surface area (Å²) in [4.78, 5) is 6.21. The van der Waals surface area contributed by atoms with Crippen molar-refractivity contribution in [1.29, 1.82) is 0 Å². The molecule has 1 fully saturated rings. The monoisotopic (exact) mass is 382 g/mol.